The SMILES string of the molecule is CO[C@@H]1O[C@H](COC(=O)c2ccccc2)C[C@@H]1C. The van der Waals surface area contributed by atoms with Crippen molar-refractivity contribution in [2.24, 2.45) is 5.92 Å². The quantitative estimate of drug-likeness (QED) is 0.769. The Morgan fingerprint density at radius 2 is 2.11 bits per heavy atom. The van der Waals surface area contributed by atoms with Gasteiger partial charge >= 0.3 is 5.97 Å². The minimum Gasteiger partial charge on any atom is -0.459 e. The number of hydrogen-bond acceptors (Lipinski definition) is 4. The minimum atomic E-state index is -0.312. The van der Waals surface area contributed by atoms with E-state index < -0.39 is 0 Å². The molecule has 3 atom stereocenters. The van der Waals surface area contributed by atoms with Crippen LogP contribution < -0.4 is 0 Å². The third kappa shape index (κ3) is 3.09. The van der Waals surface area contributed by atoms with E-state index in [4.69, 9.17) is 14.2 Å². The fourth-order valence-electron chi connectivity index (χ4n) is 2.13. The monoisotopic (exact) mass is 250 g/mol. The molecule has 1 aromatic carbocycles. The van der Waals surface area contributed by atoms with Crippen LogP contribution in [0.5, 0.6) is 0 Å². The van der Waals surface area contributed by atoms with Crippen molar-refractivity contribution in [3.8, 4) is 0 Å². The summed E-state index contributed by atoms with van der Waals surface area (Å²) >= 11 is 0. The minimum absolute atomic E-state index is 0.0717. The Hall–Kier alpha value is -1.39. The molecule has 1 fully saturated rings. The maximum absolute atomic E-state index is 11.7. The lowest BCUT2D eigenvalue weighted by molar-refractivity contribution is -0.136. The van der Waals surface area contributed by atoms with Gasteiger partial charge in [-0.2, -0.15) is 0 Å². The molecule has 0 bridgehead atoms. The number of hydrogen-bond donors (Lipinski definition) is 0. The average molecular weight is 250 g/mol. The smallest absolute Gasteiger partial charge is 0.338 e. The summed E-state index contributed by atoms with van der Waals surface area (Å²) in [6.07, 6.45) is 0.587. The number of rotatable bonds is 4. The molecule has 2 rings (SSSR count). The van der Waals surface area contributed by atoms with E-state index in [0.717, 1.165) is 6.42 Å². The molecule has 1 aliphatic heterocycles. The van der Waals surface area contributed by atoms with E-state index in [1.54, 1.807) is 19.2 Å². The Balaban J connectivity index is 1.81. The summed E-state index contributed by atoms with van der Waals surface area (Å²) in [5.41, 5.74) is 0.562. The highest BCUT2D eigenvalue weighted by molar-refractivity contribution is 5.89. The Labute approximate surface area is 107 Å². The first-order valence-electron chi connectivity index (χ1n) is 6.11. The number of carbonyl (C=O) groups is 1. The standard InChI is InChI=1S/C14H18O4/c1-10-8-12(18-14(10)16-2)9-17-13(15)11-6-4-3-5-7-11/h3-7,10,12,14H,8-9H2,1-2H3/t10-,12-,14+/m0/s1. The van der Waals surface area contributed by atoms with Gasteiger partial charge in [0.2, 0.25) is 0 Å². The number of carbonyl (C=O) groups excluding carboxylic acids is 1. The molecule has 1 aromatic rings. The Bertz CT molecular complexity index is 390. The lowest BCUT2D eigenvalue weighted by atomic mass is 10.1. The first kappa shape index (κ1) is 13.1. The molecule has 1 heterocycles. The van der Waals surface area contributed by atoms with E-state index in [2.05, 4.69) is 6.92 Å². The van der Waals surface area contributed by atoms with Crippen molar-refractivity contribution in [3.63, 3.8) is 0 Å². The van der Waals surface area contributed by atoms with Gasteiger partial charge in [0.1, 0.15) is 6.61 Å². The van der Waals surface area contributed by atoms with Crippen molar-refractivity contribution in [1.29, 1.82) is 0 Å². The molecule has 4 heteroatoms. The zero-order valence-electron chi connectivity index (χ0n) is 10.7. The maximum atomic E-state index is 11.7. The molecule has 1 aliphatic rings. The summed E-state index contributed by atoms with van der Waals surface area (Å²) in [5.74, 6) is 0.0168. The van der Waals surface area contributed by atoms with Crippen LogP contribution in [0.2, 0.25) is 0 Å². The van der Waals surface area contributed by atoms with Crippen LogP contribution in [0.15, 0.2) is 30.3 Å². The van der Waals surface area contributed by atoms with E-state index in [1.165, 1.54) is 0 Å². The molecular weight excluding hydrogens is 232 g/mol. The van der Waals surface area contributed by atoms with Crippen molar-refractivity contribution in [1.82, 2.24) is 0 Å². The van der Waals surface area contributed by atoms with Gasteiger partial charge in [0.15, 0.2) is 6.29 Å². The third-order valence-electron chi connectivity index (χ3n) is 3.07. The normalized spacial score (nSPS) is 27.1. The molecule has 0 saturated carbocycles. The predicted molar refractivity (Wildman–Crippen MR) is 66.2 cm³/mol. The molecule has 0 aromatic heterocycles. The highest BCUT2D eigenvalue weighted by atomic mass is 16.7. The van der Waals surface area contributed by atoms with E-state index in [9.17, 15) is 4.79 Å². The van der Waals surface area contributed by atoms with E-state index in [0.29, 0.717) is 11.5 Å². The predicted octanol–water partition coefficient (Wildman–Crippen LogP) is 2.24. The number of esters is 1. The largest absolute Gasteiger partial charge is 0.459 e. The molecule has 0 N–H and O–H groups in total. The molecule has 0 aliphatic carbocycles. The second-order valence-electron chi connectivity index (χ2n) is 4.54. The van der Waals surface area contributed by atoms with Crippen molar-refractivity contribution in [2.45, 2.75) is 25.7 Å². The van der Waals surface area contributed by atoms with Crippen LogP contribution in [0.3, 0.4) is 0 Å². The summed E-state index contributed by atoms with van der Waals surface area (Å²) < 4.78 is 16.0. The fraction of sp³-hybridized carbons (Fsp3) is 0.500. The molecule has 0 amide bonds. The second-order valence-corrected chi connectivity index (χ2v) is 4.54. The van der Waals surface area contributed by atoms with Gasteiger partial charge in [0, 0.05) is 13.0 Å². The van der Waals surface area contributed by atoms with Crippen LogP contribution in [0.1, 0.15) is 23.7 Å². The molecule has 0 unspecified atom stereocenters. The van der Waals surface area contributed by atoms with Gasteiger partial charge in [-0.1, -0.05) is 25.1 Å². The summed E-state index contributed by atoms with van der Waals surface area (Å²) in [5, 5.41) is 0. The molecule has 98 valence electrons. The summed E-state index contributed by atoms with van der Waals surface area (Å²) in [6.45, 7) is 2.34. The number of methoxy groups -OCH3 is 1. The molecule has 0 radical (unpaired) electrons. The van der Waals surface area contributed by atoms with Gasteiger partial charge in [-0.3, -0.25) is 0 Å². The maximum Gasteiger partial charge on any atom is 0.338 e. The van der Waals surface area contributed by atoms with Crippen LogP contribution >= 0.6 is 0 Å². The lowest BCUT2D eigenvalue weighted by Crippen LogP contribution is -2.20. The van der Waals surface area contributed by atoms with Crippen LogP contribution in [0, 0.1) is 5.92 Å². The lowest BCUT2D eigenvalue weighted by Gasteiger charge is -2.13. The van der Waals surface area contributed by atoms with Crippen molar-refractivity contribution in [2.75, 3.05) is 13.7 Å². The molecule has 4 nitrogen and oxygen atoms in total. The summed E-state index contributed by atoms with van der Waals surface area (Å²) in [4.78, 5) is 11.7. The van der Waals surface area contributed by atoms with E-state index >= 15 is 0 Å². The topological polar surface area (TPSA) is 44.8 Å². The molecule has 0 spiro atoms. The number of benzene rings is 1. The highest BCUT2D eigenvalue weighted by Crippen LogP contribution is 2.26. The Morgan fingerprint density at radius 3 is 2.72 bits per heavy atom. The van der Waals surface area contributed by atoms with Crippen molar-refractivity contribution in [3.05, 3.63) is 35.9 Å². The van der Waals surface area contributed by atoms with Gasteiger partial charge in [-0.15, -0.1) is 0 Å². The van der Waals surface area contributed by atoms with Gasteiger partial charge in [0.05, 0.1) is 11.7 Å². The molecule has 1 saturated heterocycles. The highest BCUT2D eigenvalue weighted by Gasteiger charge is 2.32. The van der Waals surface area contributed by atoms with E-state index in [-0.39, 0.29) is 25.0 Å². The molecular formula is C14H18O4. The first-order valence-corrected chi connectivity index (χ1v) is 6.11. The van der Waals surface area contributed by atoms with Gasteiger partial charge in [-0.25, -0.2) is 4.79 Å². The van der Waals surface area contributed by atoms with Crippen molar-refractivity contribution >= 4 is 5.97 Å². The zero-order valence-corrected chi connectivity index (χ0v) is 10.7. The van der Waals surface area contributed by atoms with Crippen LogP contribution in [-0.4, -0.2) is 32.1 Å². The average Bonchev–Trinajstić information content (AvgIpc) is 2.77. The van der Waals surface area contributed by atoms with Crippen LogP contribution in [0.4, 0.5) is 0 Å². The number of ether oxygens (including phenoxy) is 3. The van der Waals surface area contributed by atoms with Crippen LogP contribution in [0.25, 0.3) is 0 Å². The van der Waals surface area contributed by atoms with E-state index in [1.807, 2.05) is 18.2 Å². The first-order chi connectivity index (χ1) is 8.70. The van der Waals surface area contributed by atoms with Gasteiger partial charge in [-0.05, 0) is 18.6 Å². The second kappa shape index (κ2) is 5.98. The van der Waals surface area contributed by atoms with Crippen LogP contribution in [-0.2, 0) is 14.2 Å². The fourth-order valence-corrected chi connectivity index (χ4v) is 2.13. The third-order valence-corrected chi connectivity index (χ3v) is 3.07. The zero-order chi connectivity index (χ0) is 13.0. The summed E-state index contributed by atoms with van der Waals surface area (Å²) in [6, 6.07) is 8.95. The van der Waals surface area contributed by atoms with Gasteiger partial charge in [0.25, 0.3) is 0 Å². The van der Waals surface area contributed by atoms with Crippen molar-refractivity contribution < 1.29 is 19.0 Å². The van der Waals surface area contributed by atoms with Gasteiger partial charge < -0.3 is 14.2 Å². The summed E-state index contributed by atoms with van der Waals surface area (Å²) in [7, 11) is 1.62. The Morgan fingerprint density at radius 1 is 1.39 bits per heavy atom. The molecule has 18 heavy (non-hydrogen) atoms. The Kier molecular flexibility index (Phi) is 4.33.